The van der Waals surface area contributed by atoms with E-state index in [1.165, 1.54) is 10.9 Å². The molecule has 3 N–H and O–H groups in total. The van der Waals surface area contributed by atoms with Crippen molar-refractivity contribution in [2.75, 3.05) is 18.5 Å². The van der Waals surface area contributed by atoms with Gasteiger partial charge in [0.1, 0.15) is 35.3 Å². The summed E-state index contributed by atoms with van der Waals surface area (Å²) in [6.07, 6.45) is 4.15. The van der Waals surface area contributed by atoms with Crippen LogP contribution in [0.2, 0.25) is 0 Å². The van der Waals surface area contributed by atoms with E-state index in [1.807, 2.05) is 12.1 Å². The summed E-state index contributed by atoms with van der Waals surface area (Å²) >= 11 is 0. The van der Waals surface area contributed by atoms with Crippen molar-refractivity contribution in [1.29, 1.82) is 0 Å². The number of carbonyl (C=O) groups excluding carboxylic acids is 1. The smallest absolute Gasteiger partial charge is 0.407 e. The number of aromatic nitrogens is 5. The molecule has 0 unspecified atom stereocenters. The van der Waals surface area contributed by atoms with Gasteiger partial charge >= 0.3 is 6.09 Å². The normalized spacial score (nSPS) is 11.4. The molecule has 13 heteroatoms. The molecule has 1 amide bonds. The summed E-state index contributed by atoms with van der Waals surface area (Å²) in [7, 11) is 0. The lowest BCUT2D eigenvalue weighted by Gasteiger charge is -2.19. The van der Waals surface area contributed by atoms with E-state index in [-0.39, 0.29) is 31.1 Å². The van der Waals surface area contributed by atoms with Gasteiger partial charge in [0.15, 0.2) is 17.4 Å². The second-order valence-corrected chi connectivity index (χ2v) is 10.5. The van der Waals surface area contributed by atoms with Crippen molar-refractivity contribution in [3.05, 3.63) is 84.3 Å². The Morgan fingerprint density at radius 1 is 1.07 bits per heavy atom. The number of hydrogen-bond donors (Lipinski definition) is 3. The molecule has 5 aromatic rings. The van der Waals surface area contributed by atoms with Crippen LogP contribution in [0.4, 0.5) is 25.1 Å². The molecule has 222 valence electrons. The van der Waals surface area contributed by atoms with Crippen LogP contribution in [-0.2, 0) is 11.3 Å². The van der Waals surface area contributed by atoms with E-state index < -0.39 is 29.1 Å². The molecule has 0 atom stereocenters. The number of anilines is 2. The van der Waals surface area contributed by atoms with Gasteiger partial charge in [-0.3, -0.25) is 9.67 Å². The fourth-order valence-corrected chi connectivity index (χ4v) is 4.18. The van der Waals surface area contributed by atoms with E-state index in [0.717, 1.165) is 12.1 Å². The maximum absolute atomic E-state index is 14.6. The summed E-state index contributed by atoms with van der Waals surface area (Å²) in [5.41, 5.74) is 0.795. The largest absolute Gasteiger partial charge is 0.508 e. The van der Waals surface area contributed by atoms with Gasteiger partial charge in [0.25, 0.3) is 0 Å². The molecular weight excluding hydrogens is 560 g/mol. The highest BCUT2D eigenvalue weighted by molar-refractivity contribution is 5.92. The van der Waals surface area contributed by atoms with Crippen molar-refractivity contribution in [3.63, 3.8) is 0 Å². The van der Waals surface area contributed by atoms with Crippen molar-refractivity contribution in [3.8, 4) is 23.0 Å². The number of aromatic hydroxyl groups is 1. The van der Waals surface area contributed by atoms with Gasteiger partial charge in [-0.25, -0.2) is 23.5 Å². The minimum Gasteiger partial charge on any atom is -0.508 e. The van der Waals surface area contributed by atoms with Crippen LogP contribution >= 0.6 is 0 Å². The van der Waals surface area contributed by atoms with Crippen molar-refractivity contribution >= 4 is 28.5 Å². The van der Waals surface area contributed by atoms with Gasteiger partial charge < -0.3 is 25.2 Å². The average Bonchev–Trinajstić information content (AvgIpc) is 3.32. The molecule has 0 spiro atoms. The van der Waals surface area contributed by atoms with E-state index in [1.54, 1.807) is 57.4 Å². The Morgan fingerprint density at radius 2 is 1.79 bits per heavy atom. The first-order chi connectivity index (χ1) is 20.6. The third kappa shape index (κ3) is 7.12. The van der Waals surface area contributed by atoms with Crippen LogP contribution in [0.5, 0.6) is 11.5 Å². The van der Waals surface area contributed by atoms with E-state index >= 15 is 0 Å². The first kappa shape index (κ1) is 29.2. The minimum atomic E-state index is -0.888. The summed E-state index contributed by atoms with van der Waals surface area (Å²) in [5, 5.41) is 20.6. The Balaban J connectivity index is 1.45. The molecule has 0 saturated heterocycles. The van der Waals surface area contributed by atoms with Crippen LogP contribution in [0.1, 0.15) is 26.3 Å². The Hall–Kier alpha value is -5.33. The number of pyridine rings is 1. The highest BCUT2D eigenvalue weighted by atomic mass is 19.1. The van der Waals surface area contributed by atoms with Crippen LogP contribution in [0.3, 0.4) is 0 Å². The Morgan fingerprint density at radius 3 is 2.51 bits per heavy atom. The molecule has 3 heterocycles. The Labute approximate surface area is 245 Å². The van der Waals surface area contributed by atoms with Gasteiger partial charge in [-0.05, 0) is 39.0 Å². The first-order valence-corrected chi connectivity index (χ1v) is 13.3. The zero-order valence-corrected chi connectivity index (χ0v) is 23.6. The molecule has 11 nitrogen and oxygen atoms in total. The number of hydrogen-bond acceptors (Lipinski definition) is 9. The van der Waals surface area contributed by atoms with Crippen LogP contribution in [-0.4, -0.2) is 54.7 Å². The standard InChI is InChI=1S/C30H29F2N7O4/c1-30(2,3)43-29(41)34-12-13-42-25-16-35-28(37-27(25)36-18-8-10-33-11-9-18)26-20-6-4-5-7-24(20)39(38-26)17-21-22(31)14-19(40)15-23(21)32/h4-11,14-16,40H,12-13,17H2,1-3H3,(H,34,41)(H,33,35,36,37). The molecule has 0 bridgehead atoms. The molecule has 0 saturated carbocycles. The van der Waals surface area contributed by atoms with Crippen LogP contribution < -0.4 is 15.4 Å². The second-order valence-electron chi connectivity index (χ2n) is 10.5. The molecule has 0 radical (unpaired) electrons. The molecule has 2 aromatic carbocycles. The number of halogens is 2. The topological polar surface area (TPSA) is 136 Å². The third-order valence-electron chi connectivity index (χ3n) is 6.03. The number of ether oxygens (including phenoxy) is 2. The lowest BCUT2D eigenvalue weighted by atomic mass is 10.1. The molecule has 43 heavy (non-hydrogen) atoms. The summed E-state index contributed by atoms with van der Waals surface area (Å²) in [5.74, 6) is -1.42. The number of rotatable bonds is 9. The number of nitrogens with zero attached hydrogens (tertiary/aromatic N) is 5. The fourth-order valence-electron chi connectivity index (χ4n) is 4.18. The first-order valence-electron chi connectivity index (χ1n) is 13.3. The highest BCUT2D eigenvalue weighted by Gasteiger charge is 2.20. The number of phenolic OH excluding ortho intramolecular Hbond substituents is 1. The molecule has 5 rings (SSSR count). The Bertz CT molecular complexity index is 1730. The maximum Gasteiger partial charge on any atom is 0.407 e. The monoisotopic (exact) mass is 589 g/mol. The number of phenols is 1. The van der Waals surface area contributed by atoms with Gasteiger partial charge in [0.05, 0.1) is 24.8 Å². The van der Waals surface area contributed by atoms with Crippen molar-refractivity contribution in [1.82, 2.24) is 30.0 Å². The quantitative estimate of drug-likeness (QED) is 0.189. The number of alkyl carbamates (subject to hydrolysis) is 1. The van der Waals surface area contributed by atoms with Crippen LogP contribution in [0.25, 0.3) is 22.4 Å². The summed E-state index contributed by atoms with van der Waals surface area (Å²) in [6, 6.07) is 12.4. The van der Waals surface area contributed by atoms with Crippen molar-refractivity contribution in [2.45, 2.75) is 32.9 Å². The number of benzene rings is 2. The molecule has 0 aliphatic carbocycles. The summed E-state index contributed by atoms with van der Waals surface area (Å²) < 4.78 is 41.7. The molecular formula is C30H29F2N7O4. The fraction of sp³-hybridized carbons (Fsp3) is 0.233. The van der Waals surface area contributed by atoms with Crippen LogP contribution in [0, 0.1) is 11.6 Å². The highest BCUT2D eigenvalue weighted by Crippen LogP contribution is 2.32. The Kier molecular flexibility index (Phi) is 8.32. The van der Waals surface area contributed by atoms with E-state index in [4.69, 9.17) is 9.47 Å². The molecule has 0 aliphatic rings. The number of fused-ring (bicyclic) bond motifs is 1. The summed E-state index contributed by atoms with van der Waals surface area (Å²) in [6.45, 7) is 5.37. The van der Waals surface area contributed by atoms with Gasteiger partial charge in [-0.1, -0.05) is 18.2 Å². The zero-order valence-electron chi connectivity index (χ0n) is 23.6. The van der Waals surface area contributed by atoms with Gasteiger partial charge in [-0.15, -0.1) is 0 Å². The average molecular weight is 590 g/mol. The minimum absolute atomic E-state index is 0.105. The lowest BCUT2D eigenvalue weighted by molar-refractivity contribution is 0.0520. The molecule has 3 aromatic heterocycles. The SMILES string of the molecule is CC(C)(C)OC(=O)NCCOc1cnc(-c2nn(Cc3c(F)cc(O)cc3F)c3ccccc23)nc1Nc1ccncc1. The lowest BCUT2D eigenvalue weighted by Crippen LogP contribution is -2.34. The zero-order chi connectivity index (χ0) is 30.6. The maximum atomic E-state index is 14.6. The number of carbonyl (C=O) groups is 1. The summed E-state index contributed by atoms with van der Waals surface area (Å²) in [4.78, 5) is 25.1. The van der Waals surface area contributed by atoms with Gasteiger partial charge in [-0.2, -0.15) is 5.10 Å². The van der Waals surface area contributed by atoms with Crippen molar-refractivity contribution < 1.29 is 28.2 Å². The number of nitrogens with one attached hydrogen (secondary N) is 2. The molecule has 0 aliphatic heterocycles. The third-order valence-corrected chi connectivity index (χ3v) is 6.03. The number of amides is 1. The van der Waals surface area contributed by atoms with E-state index in [9.17, 15) is 18.7 Å². The second kappa shape index (κ2) is 12.3. The number of para-hydroxylation sites is 1. The van der Waals surface area contributed by atoms with Gasteiger partial charge in [0.2, 0.25) is 0 Å². The van der Waals surface area contributed by atoms with Gasteiger partial charge in [0, 0.05) is 41.2 Å². The van der Waals surface area contributed by atoms with Crippen LogP contribution in [0.15, 0.2) is 67.1 Å². The predicted octanol–water partition coefficient (Wildman–Crippen LogP) is 5.57. The molecule has 0 fully saturated rings. The predicted molar refractivity (Wildman–Crippen MR) is 155 cm³/mol. The van der Waals surface area contributed by atoms with Crippen molar-refractivity contribution in [2.24, 2.45) is 0 Å². The van der Waals surface area contributed by atoms with E-state index in [2.05, 4.69) is 30.7 Å². The van der Waals surface area contributed by atoms with E-state index in [0.29, 0.717) is 33.9 Å².